The number of aryl methyl sites for hydroxylation is 2. The van der Waals surface area contributed by atoms with Crippen LogP contribution in [0.5, 0.6) is 5.75 Å². The van der Waals surface area contributed by atoms with E-state index in [9.17, 15) is 18.4 Å². The fraction of sp³-hybridized carbons (Fsp3) is 0.409. The van der Waals surface area contributed by atoms with Crippen LogP contribution in [0.2, 0.25) is 0 Å². The number of thiophene rings is 1. The van der Waals surface area contributed by atoms with E-state index in [0.29, 0.717) is 28.3 Å². The third-order valence-electron chi connectivity index (χ3n) is 4.94. The van der Waals surface area contributed by atoms with Crippen molar-refractivity contribution in [2.45, 2.75) is 51.9 Å². The Labute approximate surface area is 193 Å². The smallest absolute Gasteiger partial charge is 0.387 e. The number of carbonyl (C=O) groups excluding carboxylic acids is 1. The Hall–Kier alpha value is -2.46. The Kier molecular flexibility index (Phi) is 7.89. The highest BCUT2D eigenvalue weighted by Gasteiger charge is 2.19. The zero-order valence-electron chi connectivity index (χ0n) is 18.3. The molecule has 0 aliphatic heterocycles. The molecule has 0 bridgehead atoms. The number of nitrogens with zero attached hydrogens (tertiary/aromatic N) is 2. The molecule has 1 amide bonds. The van der Waals surface area contributed by atoms with Crippen molar-refractivity contribution in [3.8, 4) is 5.75 Å². The van der Waals surface area contributed by atoms with E-state index in [0.717, 1.165) is 16.0 Å². The molecule has 0 saturated heterocycles. The normalized spacial score (nSPS) is 11.5. The lowest BCUT2D eigenvalue weighted by atomic mass is 10.1. The lowest BCUT2D eigenvalue weighted by Crippen LogP contribution is -2.29. The van der Waals surface area contributed by atoms with Gasteiger partial charge in [-0.1, -0.05) is 23.9 Å². The van der Waals surface area contributed by atoms with Crippen molar-refractivity contribution in [2.75, 3.05) is 12.3 Å². The van der Waals surface area contributed by atoms with Crippen LogP contribution in [0, 0.1) is 13.8 Å². The van der Waals surface area contributed by atoms with Crippen LogP contribution in [0.4, 0.5) is 8.78 Å². The van der Waals surface area contributed by atoms with E-state index in [1.165, 1.54) is 35.2 Å². The summed E-state index contributed by atoms with van der Waals surface area (Å²) in [5, 5.41) is 4.02. The predicted octanol–water partition coefficient (Wildman–Crippen LogP) is 4.71. The number of alkyl halides is 2. The molecule has 3 aromatic rings. The molecule has 0 atom stereocenters. The van der Waals surface area contributed by atoms with Gasteiger partial charge in [-0.05, 0) is 57.4 Å². The van der Waals surface area contributed by atoms with E-state index in [-0.39, 0.29) is 29.0 Å². The molecule has 0 fully saturated rings. The van der Waals surface area contributed by atoms with Gasteiger partial charge in [0.1, 0.15) is 10.6 Å². The number of hydrogen-bond acceptors (Lipinski definition) is 6. The minimum atomic E-state index is -2.85. The average molecular weight is 482 g/mol. The SMILES string of the molecule is Cc1sc2nc(SCC(=O)NCCc3ccc(OC(F)F)cc3)n(C(C)C)c(=O)c2c1C. The Balaban J connectivity index is 1.60. The first-order chi connectivity index (χ1) is 15.2. The molecule has 2 aromatic heterocycles. The molecule has 0 aliphatic rings. The van der Waals surface area contributed by atoms with Gasteiger partial charge in [0.05, 0.1) is 11.1 Å². The van der Waals surface area contributed by atoms with Gasteiger partial charge in [0, 0.05) is 17.5 Å². The predicted molar refractivity (Wildman–Crippen MR) is 124 cm³/mol. The topological polar surface area (TPSA) is 73.2 Å². The summed E-state index contributed by atoms with van der Waals surface area (Å²) < 4.78 is 30.4. The number of ether oxygens (including phenoxy) is 1. The first kappa shape index (κ1) is 24.2. The summed E-state index contributed by atoms with van der Waals surface area (Å²) >= 11 is 2.73. The van der Waals surface area contributed by atoms with Crippen molar-refractivity contribution in [2.24, 2.45) is 0 Å². The van der Waals surface area contributed by atoms with E-state index in [1.807, 2.05) is 27.7 Å². The quantitative estimate of drug-likeness (QED) is 0.354. The van der Waals surface area contributed by atoms with Gasteiger partial charge < -0.3 is 10.1 Å². The zero-order chi connectivity index (χ0) is 23.4. The second-order valence-corrected chi connectivity index (χ2v) is 9.68. The first-order valence-corrected chi connectivity index (χ1v) is 11.9. The van der Waals surface area contributed by atoms with Crippen molar-refractivity contribution < 1.29 is 18.3 Å². The summed E-state index contributed by atoms with van der Waals surface area (Å²) in [6, 6.07) is 6.23. The maximum atomic E-state index is 13.0. The second-order valence-electron chi connectivity index (χ2n) is 7.54. The van der Waals surface area contributed by atoms with Gasteiger partial charge in [-0.25, -0.2) is 4.98 Å². The molecule has 0 radical (unpaired) electrons. The molecular formula is C22H25F2N3O3S2. The number of fused-ring (bicyclic) bond motifs is 1. The van der Waals surface area contributed by atoms with Crippen LogP contribution < -0.4 is 15.6 Å². The van der Waals surface area contributed by atoms with Gasteiger partial charge in [0.25, 0.3) is 5.56 Å². The van der Waals surface area contributed by atoms with Crippen molar-refractivity contribution in [1.82, 2.24) is 14.9 Å². The van der Waals surface area contributed by atoms with Gasteiger partial charge in [-0.3, -0.25) is 14.2 Å². The van der Waals surface area contributed by atoms with Gasteiger partial charge >= 0.3 is 6.61 Å². The fourth-order valence-electron chi connectivity index (χ4n) is 3.21. The third kappa shape index (κ3) is 5.66. The van der Waals surface area contributed by atoms with E-state index in [4.69, 9.17) is 0 Å². The van der Waals surface area contributed by atoms with Gasteiger partial charge in [0.15, 0.2) is 5.16 Å². The average Bonchev–Trinajstić information content (AvgIpc) is 3.00. The van der Waals surface area contributed by atoms with Crippen molar-refractivity contribution in [3.05, 3.63) is 50.6 Å². The molecule has 6 nitrogen and oxygen atoms in total. The number of rotatable bonds is 9. The fourth-order valence-corrected chi connectivity index (χ4v) is 5.24. The minimum Gasteiger partial charge on any atom is -0.435 e. The van der Waals surface area contributed by atoms with Gasteiger partial charge in [0.2, 0.25) is 5.91 Å². The summed E-state index contributed by atoms with van der Waals surface area (Å²) in [5.74, 6) is 0.0617. The summed E-state index contributed by atoms with van der Waals surface area (Å²) in [6.45, 7) is 5.30. The highest BCUT2D eigenvalue weighted by atomic mass is 32.2. The zero-order valence-corrected chi connectivity index (χ0v) is 19.9. The molecule has 1 N–H and O–H groups in total. The molecule has 3 rings (SSSR count). The third-order valence-corrected chi connectivity index (χ3v) is 6.99. The van der Waals surface area contributed by atoms with Gasteiger partial charge in [-0.2, -0.15) is 8.78 Å². The molecule has 1 aromatic carbocycles. The van der Waals surface area contributed by atoms with Crippen LogP contribution in [0.25, 0.3) is 10.2 Å². The van der Waals surface area contributed by atoms with Crippen LogP contribution in [-0.4, -0.2) is 34.4 Å². The molecule has 2 heterocycles. The highest BCUT2D eigenvalue weighted by molar-refractivity contribution is 7.99. The van der Waals surface area contributed by atoms with Crippen LogP contribution in [-0.2, 0) is 11.2 Å². The Morgan fingerprint density at radius 3 is 2.56 bits per heavy atom. The second kappa shape index (κ2) is 10.4. The molecule has 0 saturated carbocycles. The molecule has 32 heavy (non-hydrogen) atoms. The Morgan fingerprint density at radius 1 is 1.25 bits per heavy atom. The van der Waals surface area contributed by atoms with E-state index in [2.05, 4.69) is 15.0 Å². The minimum absolute atomic E-state index is 0.0750. The standard InChI is InChI=1S/C22H25F2N3O3S2/c1-12(2)27-20(29)18-13(3)14(4)32-19(18)26-22(27)31-11-17(28)25-10-9-15-5-7-16(8-6-15)30-21(23)24/h5-8,12,21H,9-11H2,1-4H3,(H,25,28). The number of hydrogen-bond donors (Lipinski definition) is 1. The van der Waals surface area contributed by atoms with E-state index < -0.39 is 6.61 Å². The Morgan fingerprint density at radius 2 is 1.94 bits per heavy atom. The largest absolute Gasteiger partial charge is 0.435 e. The molecule has 0 spiro atoms. The van der Waals surface area contributed by atoms with Crippen LogP contribution >= 0.6 is 23.1 Å². The molecule has 172 valence electrons. The van der Waals surface area contributed by atoms with Crippen LogP contribution in [0.1, 0.15) is 35.9 Å². The van der Waals surface area contributed by atoms with Gasteiger partial charge in [-0.15, -0.1) is 11.3 Å². The number of aromatic nitrogens is 2. The lowest BCUT2D eigenvalue weighted by molar-refractivity contribution is -0.118. The summed E-state index contributed by atoms with van der Waals surface area (Å²) in [7, 11) is 0. The highest BCUT2D eigenvalue weighted by Crippen LogP contribution is 2.29. The van der Waals surface area contributed by atoms with E-state index >= 15 is 0 Å². The number of amides is 1. The van der Waals surface area contributed by atoms with Crippen molar-refractivity contribution >= 4 is 39.2 Å². The maximum Gasteiger partial charge on any atom is 0.387 e. The Bertz CT molecular complexity index is 1160. The number of benzene rings is 1. The summed E-state index contributed by atoms with van der Waals surface area (Å²) in [4.78, 5) is 31.8. The number of thioether (sulfide) groups is 1. The molecular weight excluding hydrogens is 456 g/mol. The van der Waals surface area contributed by atoms with Crippen molar-refractivity contribution in [3.63, 3.8) is 0 Å². The molecule has 10 heteroatoms. The molecule has 0 aliphatic carbocycles. The summed E-state index contributed by atoms with van der Waals surface area (Å²) in [6.07, 6.45) is 0.556. The van der Waals surface area contributed by atoms with Crippen LogP contribution in [0.15, 0.2) is 34.2 Å². The van der Waals surface area contributed by atoms with Crippen LogP contribution in [0.3, 0.4) is 0 Å². The monoisotopic (exact) mass is 481 g/mol. The molecule has 0 unspecified atom stereocenters. The number of halogens is 2. The number of nitrogens with one attached hydrogen (secondary N) is 1. The first-order valence-electron chi connectivity index (χ1n) is 10.1. The lowest BCUT2D eigenvalue weighted by Gasteiger charge is -2.15. The van der Waals surface area contributed by atoms with Crippen molar-refractivity contribution in [1.29, 1.82) is 0 Å². The van der Waals surface area contributed by atoms with E-state index in [1.54, 1.807) is 16.7 Å². The summed E-state index contributed by atoms with van der Waals surface area (Å²) in [5.41, 5.74) is 1.78. The maximum absolute atomic E-state index is 13.0. The number of carbonyl (C=O) groups is 1.